The molecule has 0 atom stereocenters. The van der Waals surface area contributed by atoms with Crippen LogP contribution in [-0.4, -0.2) is 18.1 Å². The zero-order valence-electron chi connectivity index (χ0n) is 7.25. The smallest absolute Gasteiger partial charge is 0.128 e. The number of nitrogens with zero attached hydrogens (tertiary/aromatic N) is 2. The highest BCUT2D eigenvalue weighted by molar-refractivity contribution is 5.51. The maximum atomic E-state index is 5.67. The monoisotopic (exact) mass is 163 g/mol. The Hall–Kier alpha value is -1.25. The molecule has 0 unspecified atom stereocenters. The summed E-state index contributed by atoms with van der Waals surface area (Å²) in [6.07, 6.45) is 1.28. The molecule has 12 heavy (non-hydrogen) atoms. The number of hydrogen-bond donors (Lipinski definition) is 1. The largest absolute Gasteiger partial charge is 0.397 e. The van der Waals surface area contributed by atoms with E-state index in [-0.39, 0.29) is 0 Å². The minimum Gasteiger partial charge on any atom is -0.397 e. The first kappa shape index (κ1) is 7.40. The van der Waals surface area contributed by atoms with Crippen molar-refractivity contribution < 1.29 is 0 Å². The molecular formula is C9H13N3. The van der Waals surface area contributed by atoms with Crippen LogP contribution < -0.4 is 10.6 Å². The number of aryl methyl sites for hydroxylation is 1. The van der Waals surface area contributed by atoms with Crippen molar-refractivity contribution in [1.29, 1.82) is 0 Å². The average Bonchev–Trinajstić information content (AvgIpc) is 1.93. The third-order valence-electron chi connectivity index (χ3n) is 2.29. The number of aromatic nitrogens is 1. The van der Waals surface area contributed by atoms with Gasteiger partial charge in [0.2, 0.25) is 0 Å². The van der Waals surface area contributed by atoms with Gasteiger partial charge in [0, 0.05) is 13.1 Å². The molecule has 0 amide bonds. The molecule has 1 aromatic rings. The van der Waals surface area contributed by atoms with E-state index in [0.29, 0.717) is 0 Å². The zero-order valence-corrected chi connectivity index (χ0v) is 7.25. The molecular weight excluding hydrogens is 150 g/mol. The van der Waals surface area contributed by atoms with Crippen LogP contribution in [-0.2, 0) is 0 Å². The summed E-state index contributed by atoms with van der Waals surface area (Å²) in [5.41, 5.74) is 7.37. The average molecular weight is 163 g/mol. The molecule has 0 radical (unpaired) electrons. The minimum absolute atomic E-state index is 0.777. The van der Waals surface area contributed by atoms with Gasteiger partial charge in [0.05, 0.1) is 11.4 Å². The number of nitrogen functional groups attached to an aromatic ring is 1. The van der Waals surface area contributed by atoms with Gasteiger partial charge in [-0.15, -0.1) is 0 Å². The van der Waals surface area contributed by atoms with Gasteiger partial charge in [-0.25, -0.2) is 4.98 Å². The van der Waals surface area contributed by atoms with E-state index in [2.05, 4.69) is 9.88 Å². The Bertz CT molecular complexity index is 292. The highest BCUT2D eigenvalue weighted by Crippen LogP contribution is 2.20. The van der Waals surface area contributed by atoms with Crippen LogP contribution in [0.2, 0.25) is 0 Å². The maximum absolute atomic E-state index is 5.67. The minimum atomic E-state index is 0.777. The van der Waals surface area contributed by atoms with Crippen molar-refractivity contribution in [3.05, 3.63) is 17.8 Å². The van der Waals surface area contributed by atoms with E-state index in [9.17, 15) is 0 Å². The van der Waals surface area contributed by atoms with E-state index in [1.165, 1.54) is 6.42 Å². The lowest BCUT2D eigenvalue weighted by Crippen LogP contribution is -2.37. The number of rotatable bonds is 1. The predicted molar refractivity (Wildman–Crippen MR) is 50.2 cm³/mol. The van der Waals surface area contributed by atoms with Crippen molar-refractivity contribution in [2.45, 2.75) is 13.3 Å². The van der Waals surface area contributed by atoms with E-state index in [4.69, 9.17) is 5.73 Å². The lowest BCUT2D eigenvalue weighted by Gasteiger charge is -2.32. The molecule has 1 saturated heterocycles. The van der Waals surface area contributed by atoms with Gasteiger partial charge >= 0.3 is 0 Å². The molecule has 0 aromatic carbocycles. The van der Waals surface area contributed by atoms with Crippen molar-refractivity contribution in [1.82, 2.24) is 4.98 Å². The van der Waals surface area contributed by atoms with Crippen LogP contribution in [0.4, 0.5) is 11.5 Å². The predicted octanol–water partition coefficient (Wildman–Crippen LogP) is 1.18. The standard InChI is InChI=1S/C9H13N3/c1-7-8(10)3-4-9(11-7)12-5-2-6-12/h3-4H,2,5-6,10H2,1H3. The summed E-state index contributed by atoms with van der Waals surface area (Å²) in [7, 11) is 0. The fourth-order valence-electron chi connectivity index (χ4n) is 1.28. The molecule has 0 aliphatic carbocycles. The van der Waals surface area contributed by atoms with Gasteiger partial charge < -0.3 is 10.6 Å². The Morgan fingerprint density at radius 3 is 2.67 bits per heavy atom. The molecule has 2 N–H and O–H groups in total. The third kappa shape index (κ3) is 1.11. The number of pyridine rings is 1. The second-order valence-corrected chi connectivity index (χ2v) is 3.18. The van der Waals surface area contributed by atoms with E-state index < -0.39 is 0 Å². The molecule has 2 heterocycles. The van der Waals surface area contributed by atoms with Crippen LogP contribution in [0.25, 0.3) is 0 Å². The first-order valence-electron chi connectivity index (χ1n) is 4.25. The van der Waals surface area contributed by atoms with E-state index in [1.54, 1.807) is 0 Å². The topological polar surface area (TPSA) is 42.2 Å². The quantitative estimate of drug-likeness (QED) is 0.676. The molecule has 64 valence electrons. The van der Waals surface area contributed by atoms with Crippen LogP contribution >= 0.6 is 0 Å². The lowest BCUT2D eigenvalue weighted by molar-refractivity contribution is 0.609. The molecule has 3 heteroatoms. The maximum Gasteiger partial charge on any atom is 0.128 e. The van der Waals surface area contributed by atoms with E-state index in [1.807, 2.05) is 19.1 Å². The number of nitrogens with two attached hydrogens (primary N) is 1. The highest BCUT2D eigenvalue weighted by Gasteiger charge is 2.15. The molecule has 3 nitrogen and oxygen atoms in total. The first-order valence-corrected chi connectivity index (χ1v) is 4.25. The Morgan fingerprint density at radius 2 is 2.17 bits per heavy atom. The highest BCUT2D eigenvalue weighted by atomic mass is 15.2. The fraction of sp³-hybridized carbons (Fsp3) is 0.444. The van der Waals surface area contributed by atoms with Gasteiger partial charge in [-0.2, -0.15) is 0 Å². The second-order valence-electron chi connectivity index (χ2n) is 3.18. The summed E-state index contributed by atoms with van der Waals surface area (Å²) in [5.74, 6) is 1.06. The molecule has 1 aliphatic rings. The number of anilines is 2. The van der Waals surface area contributed by atoms with Gasteiger partial charge in [-0.3, -0.25) is 0 Å². The molecule has 0 saturated carbocycles. The van der Waals surface area contributed by atoms with Crippen LogP contribution in [0.15, 0.2) is 12.1 Å². The Morgan fingerprint density at radius 1 is 1.42 bits per heavy atom. The van der Waals surface area contributed by atoms with Gasteiger partial charge in [-0.1, -0.05) is 0 Å². The summed E-state index contributed by atoms with van der Waals surface area (Å²) >= 11 is 0. The van der Waals surface area contributed by atoms with E-state index >= 15 is 0 Å². The third-order valence-corrected chi connectivity index (χ3v) is 2.29. The Labute approximate surface area is 72.2 Å². The van der Waals surface area contributed by atoms with Gasteiger partial charge in [0.1, 0.15) is 5.82 Å². The Kier molecular flexibility index (Phi) is 1.64. The fourth-order valence-corrected chi connectivity index (χ4v) is 1.28. The molecule has 1 fully saturated rings. The first-order chi connectivity index (χ1) is 5.77. The second kappa shape index (κ2) is 2.66. The lowest BCUT2D eigenvalue weighted by atomic mass is 10.2. The Balaban J connectivity index is 2.27. The van der Waals surface area contributed by atoms with Crippen LogP contribution in [0.3, 0.4) is 0 Å². The molecule has 0 bridgehead atoms. The SMILES string of the molecule is Cc1nc(N2CCC2)ccc1N. The summed E-state index contributed by atoms with van der Waals surface area (Å²) in [5, 5.41) is 0. The van der Waals surface area contributed by atoms with Crippen molar-refractivity contribution in [3.8, 4) is 0 Å². The summed E-state index contributed by atoms with van der Waals surface area (Å²) in [4.78, 5) is 6.65. The van der Waals surface area contributed by atoms with Crippen molar-refractivity contribution in [2.24, 2.45) is 0 Å². The van der Waals surface area contributed by atoms with E-state index in [0.717, 1.165) is 30.3 Å². The van der Waals surface area contributed by atoms with Crippen molar-refractivity contribution >= 4 is 11.5 Å². The van der Waals surface area contributed by atoms with Crippen LogP contribution in [0, 0.1) is 6.92 Å². The van der Waals surface area contributed by atoms with Gasteiger partial charge in [0.15, 0.2) is 0 Å². The van der Waals surface area contributed by atoms with Crippen molar-refractivity contribution in [3.63, 3.8) is 0 Å². The zero-order chi connectivity index (χ0) is 8.55. The van der Waals surface area contributed by atoms with Crippen LogP contribution in [0.1, 0.15) is 12.1 Å². The normalized spacial score (nSPS) is 15.9. The van der Waals surface area contributed by atoms with Gasteiger partial charge in [-0.05, 0) is 25.5 Å². The molecule has 1 aromatic heterocycles. The summed E-state index contributed by atoms with van der Waals surface area (Å²) in [6.45, 7) is 4.21. The molecule has 0 spiro atoms. The summed E-state index contributed by atoms with van der Waals surface area (Å²) in [6, 6.07) is 3.91. The van der Waals surface area contributed by atoms with Crippen molar-refractivity contribution in [2.75, 3.05) is 23.7 Å². The summed E-state index contributed by atoms with van der Waals surface area (Å²) < 4.78 is 0. The van der Waals surface area contributed by atoms with Crippen LogP contribution in [0.5, 0.6) is 0 Å². The van der Waals surface area contributed by atoms with Gasteiger partial charge in [0.25, 0.3) is 0 Å². The molecule has 2 rings (SSSR count). The molecule has 1 aliphatic heterocycles. The number of hydrogen-bond acceptors (Lipinski definition) is 3.